The van der Waals surface area contributed by atoms with Crippen molar-refractivity contribution in [2.24, 2.45) is 5.92 Å². The molecule has 3 aromatic rings. The number of rotatable bonds is 7. The molecule has 38 heavy (non-hydrogen) atoms. The van der Waals surface area contributed by atoms with Gasteiger partial charge in [-0.2, -0.15) is 5.10 Å². The van der Waals surface area contributed by atoms with Gasteiger partial charge in [-0.05, 0) is 61.9 Å². The van der Waals surface area contributed by atoms with Crippen molar-refractivity contribution >= 4 is 23.4 Å². The number of aryl methyl sites for hydroxylation is 1. The second-order valence-electron chi connectivity index (χ2n) is 11.1. The van der Waals surface area contributed by atoms with Gasteiger partial charge in [0.2, 0.25) is 5.91 Å². The maximum atomic E-state index is 12.9. The summed E-state index contributed by atoms with van der Waals surface area (Å²) in [7, 11) is 1.55. The maximum Gasteiger partial charge on any atom is 0.324 e. The number of benzene rings is 2. The number of piperidine rings is 1. The molecule has 0 atom stereocenters. The lowest BCUT2D eigenvalue weighted by Gasteiger charge is -2.32. The summed E-state index contributed by atoms with van der Waals surface area (Å²) in [6.07, 6.45) is 2.94. The highest BCUT2D eigenvalue weighted by molar-refractivity contribution is 5.99. The van der Waals surface area contributed by atoms with Gasteiger partial charge in [0.15, 0.2) is 0 Å². The van der Waals surface area contributed by atoms with Gasteiger partial charge in [0, 0.05) is 37.4 Å². The van der Waals surface area contributed by atoms with Crippen molar-refractivity contribution in [3.05, 3.63) is 71.4 Å². The third kappa shape index (κ3) is 7.01. The van der Waals surface area contributed by atoms with E-state index in [1.54, 1.807) is 11.8 Å². The lowest BCUT2D eigenvalue weighted by molar-refractivity contribution is -0.136. The lowest BCUT2D eigenvalue weighted by atomic mass is 9.90. The monoisotopic (exact) mass is 517 g/mol. The van der Waals surface area contributed by atoms with Gasteiger partial charge >= 0.3 is 6.03 Å². The van der Waals surface area contributed by atoms with Crippen LogP contribution >= 0.6 is 0 Å². The van der Waals surface area contributed by atoms with Crippen LogP contribution in [0.15, 0.2) is 54.6 Å². The molecule has 1 fully saturated rings. The minimum Gasteiger partial charge on any atom is -0.375 e. The Hall–Kier alpha value is -3.65. The quantitative estimate of drug-likeness (QED) is 0.430. The Labute approximate surface area is 225 Å². The largest absolute Gasteiger partial charge is 0.375 e. The van der Waals surface area contributed by atoms with Gasteiger partial charge < -0.3 is 15.0 Å². The van der Waals surface area contributed by atoms with Crippen LogP contribution in [0, 0.1) is 12.8 Å². The number of hydrogen-bond donors (Lipinski definition) is 2. The standard InChI is InChI=1S/C30H39N5O3/c1-21-6-12-25(13-7-21)35-27(19-26(33-35)30(2,3)4)32-29(37)31-24-10-8-22(9-11-24)18-23-14-16-34(17-15-23)28(36)20-38-5/h6-13,19,23H,14-18,20H2,1-5H3,(H2,31,32,37). The topological polar surface area (TPSA) is 88.5 Å². The van der Waals surface area contributed by atoms with Crippen molar-refractivity contribution in [1.29, 1.82) is 0 Å². The fourth-order valence-electron chi connectivity index (χ4n) is 4.66. The Morgan fingerprint density at radius 3 is 2.26 bits per heavy atom. The molecule has 0 unspecified atom stereocenters. The van der Waals surface area contributed by atoms with E-state index in [0.717, 1.165) is 55.0 Å². The summed E-state index contributed by atoms with van der Waals surface area (Å²) in [5, 5.41) is 10.7. The molecule has 1 aromatic heterocycles. The van der Waals surface area contributed by atoms with E-state index >= 15 is 0 Å². The highest BCUT2D eigenvalue weighted by Crippen LogP contribution is 2.27. The normalized spacial score (nSPS) is 14.4. The SMILES string of the molecule is COCC(=O)N1CCC(Cc2ccc(NC(=O)Nc3cc(C(C)(C)C)nn3-c3ccc(C)cc3)cc2)CC1. The molecule has 1 saturated heterocycles. The lowest BCUT2D eigenvalue weighted by Crippen LogP contribution is -2.40. The minimum atomic E-state index is -0.320. The van der Waals surface area contributed by atoms with Crippen molar-refractivity contribution in [2.45, 2.75) is 52.4 Å². The van der Waals surface area contributed by atoms with E-state index < -0.39 is 0 Å². The second kappa shape index (κ2) is 11.8. The number of likely N-dealkylation sites (tertiary alicyclic amines) is 1. The van der Waals surface area contributed by atoms with E-state index in [1.807, 2.05) is 54.3 Å². The number of nitrogens with zero attached hydrogens (tertiary/aromatic N) is 3. The molecule has 8 heteroatoms. The summed E-state index contributed by atoms with van der Waals surface area (Å²) in [5.41, 5.74) is 4.74. The Kier molecular flexibility index (Phi) is 8.52. The van der Waals surface area contributed by atoms with Crippen LogP contribution in [0.4, 0.5) is 16.3 Å². The Morgan fingerprint density at radius 2 is 1.66 bits per heavy atom. The Balaban J connectivity index is 1.36. The number of ether oxygens (including phenoxy) is 1. The first-order valence-electron chi connectivity index (χ1n) is 13.2. The molecule has 0 spiro atoms. The molecule has 202 valence electrons. The summed E-state index contributed by atoms with van der Waals surface area (Å²) < 4.78 is 6.74. The van der Waals surface area contributed by atoms with Crippen molar-refractivity contribution in [2.75, 3.05) is 37.4 Å². The second-order valence-corrected chi connectivity index (χ2v) is 11.1. The number of anilines is 2. The molecule has 4 rings (SSSR count). The van der Waals surface area contributed by atoms with Gasteiger partial charge in [-0.3, -0.25) is 10.1 Å². The van der Waals surface area contributed by atoms with Crippen LogP contribution in [0.3, 0.4) is 0 Å². The molecule has 0 saturated carbocycles. The third-order valence-electron chi connectivity index (χ3n) is 6.97. The summed E-state index contributed by atoms with van der Waals surface area (Å²) in [6, 6.07) is 17.7. The Bertz CT molecular complexity index is 1230. The molecule has 0 radical (unpaired) electrons. The molecule has 2 N–H and O–H groups in total. The number of nitrogens with one attached hydrogen (secondary N) is 2. The molecule has 0 bridgehead atoms. The van der Waals surface area contributed by atoms with Crippen LogP contribution in [-0.4, -0.2) is 53.4 Å². The third-order valence-corrected chi connectivity index (χ3v) is 6.97. The molecule has 8 nitrogen and oxygen atoms in total. The number of carbonyl (C=O) groups is 2. The first-order valence-corrected chi connectivity index (χ1v) is 13.2. The number of methoxy groups -OCH3 is 1. The van der Waals surface area contributed by atoms with Crippen LogP contribution in [0.2, 0.25) is 0 Å². The molecule has 2 aromatic carbocycles. The zero-order valence-electron chi connectivity index (χ0n) is 23.1. The number of hydrogen-bond acceptors (Lipinski definition) is 4. The summed E-state index contributed by atoms with van der Waals surface area (Å²) >= 11 is 0. The van der Waals surface area contributed by atoms with Gasteiger partial charge in [-0.15, -0.1) is 0 Å². The van der Waals surface area contributed by atoms with Crippen LogP contribution in [-0.2, 0) is 21.4 Å². The van der Waals surface area contributed by atoms with Gasteiger partial charge in [-0.25, -0.2) is 9.48 Å². The van der Waals surface area contributed by atoms with Crippen LogP contribution in [0.5, 0.6) is 0 Å². The van der Waals surface area contributed by atoms with Crippen molar-refractivity contribution in [3.8, 4) is 5.69 Å². The zero-order valence-corrected chi connectivity index (χ0v) is 23.1. The fraction of sp³-hybridized carbons (Fsp3) is 0.433. The first kappa shape index (κ1) is 27.4. The summed E-state index contributed by atoms with van der Waals surface area (Å²) in [6.45, 7) is 10.1. The van der Waals surface area contributed by atoms with Crippen LogP contribution in [0.1, 0.15) is 50.4 Å². The van der Waals surface area contributed by atoms with E-state index in [1.165, 1.54) is 5.56 Å². The highest BCUT2D eigenvalue weighted by atomic mass is 16.5. The molecule has 2 heterocycles. The van der Waals surface area contributed by atoms with E-state index in [9.17, 15) is 9.59 Å². The number of carbonyl (C=O) groups excluding carboxylic acids is 2. The number of amides is 3. The van der Waals surface area contributed by atoms with E-state index in [0.29, 0.717) is 11.7 Å². The summed E-state index contributed by atoms with van der Waals surface area (Å²) in [4.78, 5) is 26.8. The molecule has 1 aliphatic rings. The van der Waals surface area contributed by atoms with Gasteiger partial charge in [-0.1, -0.05) is 50.6 Å². The van der Waals surface area contributed by atoms with E-state index in [4.69, 9.17) is 9.84 Å². The first-order chi connectivity index (χ1) is 18.1. The molecule has 1 aliphatic heterocycles. The zero-order chi connectivity index (χ0) is 27.3. The molecular weight excluding hydrogens is 478 g/mol. The minimum absolute atomic E-state index is 0.0659. The van der Waals surface area contributed by atoms with E-state index in [-0.39, 0.29) is 24.0 Å². The highest BCUT2D eigenvalue weighted by Gasteiger charge is 2.23. The summed E-state index contributed by atoms with van der Waals surface area (Å²) in [5.74, 6) is 1.22. The smallest absolute Gasteiger partial charge is 0.324 e. The van der Waals surface area contributed by atoms with Crippen LogP contribution < -0.4 is 10.6 Å². The maximum absolute atomic E-state index is 12.9. The number of aromatic nitrogens is 2. The average molecular weight is 518 g/mol. The Morgan fingerprint density at radius 1 is 1.00 bits per heavy atom. The predicted molar refractivity (Wildman–Crippen MR) is 151 cm³/mol. The van der Waals surface area contributed by atoms with Crippen molar-refractivity contribution in [3.63, 3.8) is 0 Å². The molecule has 0 aliphatic carbocycles. The van der Waals surface area contributed by atoms with Crippen molar-refractivity contribution < 1.29 is 14.3 Å². The van der Waals surface area contributed by atoms with Gasteiger partial charge in [0.1, 0.15) is 12.4 Å². The van der Waals surface area contributed by atoms with Crippen LogP contribution in [0.25, 0.3) is 5.69 Å². The average Bonchev–Trinajstić information content (AvgIpc) is 3.30. The number of urea groups is 1. The van der Waals surface area contributed by atoms with Crippen molar-refractivity contribution in [1.82, 2.24) is 14.7 Å². The van der Waals surface area contributed by atoms with Gasteiger partial charge in [0.05, 0.1) is 11.4 Å². The fourth-order valence-corrected chi connectivity index (χ4v) is 4.66. The van der Waals surface area contributed by atoms with E-state index in [2.05, 4.69) is 43.5 Å². The molecule has 3 amide bonds. The molecular formula is C30H39N5O3. The predicted octanol–water partition coefficient (Wildman–Crippen LogP) is 5.55. The van der Waals surface area contributed by atoms with Gasteiger partial charge in [0.25, 0.3) is 0 Å².